The normalized spacial score (nSPS) is 16.3. The third-order valence-electron chi connectivity index (χ3n) is 2.94. The van der Waals surface area contributed by atoms with Gasteiger partial charge < -0.3 is 0 Å². The van der Waals surface area contributed by atoms with Crippen LogP contribution in [0.3, 0.4) is 0 Å². The molecule has 0 bridgehead atoms. The highest BCUT2D eigenvalue weighted by Gasteiger charge is 2.39. The van der Waals surface area contributed by atoms with Crippen molar-refractivity contribution in [3.63, 3.8) is 0 Å². The summed E-state index contributed by atoms with van der Waals surface area (Å²) in [5.74, 6) is 1.26. The molecule has 0 unspecified atom stereocenters. The van der Waals surface area contributed by atoms with E-state index in [-0.39, 0.29) is 0 Å². The van der Waals surface area contributed by atoms with Gasteiger partial charge in [0.2, 0.25) is 0 Å². The molecule has 0 rings (SSSR count). The van der Waals surface area contributed by atoms with E-state index in [1.807, 2.05) is 27.3 Å². The Labute approximate surface area is 161 Å². The molecule has 3 N–H and O–H groups in total. The standard InChI is InChI=1S/C19H39N3O3Si/c1-14(2)11-17(7)20-23-26(10,24-21-18(8)12-15(3)4)25-22-19(9)13-16(5)6/h11-16,20-22H,1-10H3. The first-order chi connectivity index (χ1) is 11.9. The highest BCUT2D eigenvalue weighted by Crippen LogP contribution is 2.10. The molecule has 0 aliphatic carbocycles. The second-order valence-electron chi connectivity index (χ2n) is 7.76. The molecular formula is C19H39N3O3Si. The first-order valence-electron chi connectivity index (χ1n) is 9.30. The lowest BCUT2D eigenvalue weighted by molar-refractivity contribution is -0.0112. The fourth-order valence-electron chi connectivity index (χ4n) is 2.18. The zero-order valence-corrected chi connectivity index (χ0v) is 19.2. The Bertz CT molecular complexity index is 431. The number of hydroxylamine groups is 3. The molecule has 0 fully saturated rings. The Morgan fingerprint density at radius 1 is 0.615 bits per heavy atom. The molecule has 0 heterocycles. The van der Waals surface area contributed by atoms with Gasteiger partial charge in [-0.25, -0.2) is 0 Å². The Balaban J connectivity index is 5.00. The molecule has 0 aromatic carbocycles. The van der Waals surface area contributed by atoms with E-state index < -0.39 is 8.80 Å². The number of hydrogen-bond donors (Lipinski definition) is 3. The Kier molecular flexibility index (Phi) is 11.6. The van der Waals surface area contributed by atoms with Crippen LogP contribution in [0.25, 0.3) is 0 Å². The van der Waals surface area contributed by atoms with Gasteiger partial charge in [0, 0.05) is 23.6 Å². The van der Waals surface area contributed by atoms with Crippen molar-refractivity contribution in [3.8, 4) is 0 Å². The molecule has 26 heavy (non-hydrogen) atoms. The highest BCUT2D eigenvalue weighted by molar-refractivity contribution is 6.58. The van der Waals surface area contributed by atoms with Crippen LogP contribution in [-0.2, 0) is 13.6 Å². The lowest BCUT2D eigenvalue weighted by Gasteiger charge is -2.27. The van der Waals surface area contributed by atoms with Crippen LogP contribution in [0.15, 0.2) is 35.3 Å². The largest absolute Gasteiger partial charge is 0.563 e. The predicted molar refractivity (Wildman–Crippen MR) is 110 cm³/mol. The van der Waals surface area contributed by atoms with E-state index in [9.17, 15) is 0 Å². The molecule has 0 radical (unpaired) electrons. The van der Waals surface area contributed by atoms with Crippen LogP contribution in [0.4, 0.5) is 0 Å². The fourth-order valence-corrected chi connectivity index (χ4v) is 3.35. The van der Waals surface area contributed by atoms with Crippen LogP contribution in [0, 0.1) is 17.8 Å². The van der Waals surface area contributed by atoms with E-state index >= 15 is 0 Å². The van der Waals surface area contributed by atoms with Crippen molar-refractivity contribution in [3.05, 3.63) is 35.3 Å². The van der Waals surface area contributed by atoms with Crippen molar-refractivity contribution in [1.29, 1.82) is 0 Å². The second kappa shape index (κ2) is 12.2. The first kappa shape index (κ1) is 24.7. The summed E-state index contributed by atoms with van der Waals surface area (Å²) in [6.07, 6.45) is 6.22. The highest BCUT2D eigenvalue weighted by atomic mass is 28.4. The summed E-state index contributed by atoms with van der Waals surface area (Å²) >= 11 is 0. The topological polar surface area (TPSA) is 63.8 Å². The van der Waals surface area contributed by atoms with Gasteiger partial charge in [0.1, 0.15) is 0 Å². The zero-order valence-electron chi connectivity index (χ0n) is 18.2. The van der Waals surface area contributed by atoms with Crippen molar-refractivity contribution < 1.29 is 13.6 Å². The average Bonchev–Trinajstić information content (AvgIpc) is 2.47. The lowest BCUT2D eigenvalue weighted by atomic mass is 10.2. The van der Waals surface area contributed by atoms with Gasteiger partial charge in [0.05, 0.1) is 0 Å². The monoisotopic (exact) mass is 385 g/mol. The van der Waals surface area contributed by atoms with Crippen LogP contribution < -0.4 is 16.4 Å². The quantitative estimate of drug-likeness (QED) is 0.331. The minimum Gasteiger partial charge on any atom is -0.278 e. The van der Waals surface area contributed by atoms with E-state index in [2.05, 4.69) is 76.2 Å². The van der Waals surface area contributed by atoms with Gasteiger partial charge in [-0.2, -0.15) is 0 Å². The maximum atomic E-state index is 5.80. The fraction of sp³-hybridized carbons (Fsp3) is 0.684. The molecule has 0 saturated carbocycles. The summed E-state index contributed by atoms with van der Waals surface area (Å²) in [5, 5.41) is 0. The third-order valence-corrected chi connectivity index (χ3v) is 4.36. The summed E-state index contributed by atoms with van der Waals surface area (Å²) in [4.78, 5) is 0. The van der Waals surface area contributed by atoms with Crippen LogP contribution in [0.1, 0.15) is 62.3 Å². The molecule has 0 spiro atoms. The van der Waals surface area contributed by atoms with Crippen molar-refractivity contribution in [2.45, 2.75) is 68.9 Å². The molecule has 0 aromatic heterocycles. The van der Waals surface area contributed by atoms with E-state index in [1.165, 1.54) is 0 Å². The van der Waals surface area contributed by atoms with Crippen LogP contribution in [0.2, 0.25) is 6.55 Å². The van der Waals surface area contributed by atoms with Gasteiger partial charge >= 0.3 is 8.80 Å². The molecular weight excluding hydrogens is 346 g/mol. The van der Waals surface area contributed by atoms with E-state index in [0.717, 1.165) is 17.1 Å². The summed E-state index contributed by atoms with van der Waals surface area (Å²) in [7, 11) is -3.05. The Morgan fingerprint density at radius 3 is 1.04 bits per heavy atom. The molecule has 152 valence electrons. The lowest BCUT2D eigenvalue weighted by Crippen LogP contribution is -2.52. The van der Waals surface area contributed by atoms with Gasteiger partial charge in [-0.3, -0.25) is 30.0 Å². The molecule has 0 saturated heterocycles. The number of allylic oxidation sites excluding steroid dienone is 6. The summed E-state index contributed by atoms with van der Waals surface area (Å²) in [6.45, 7) is 20.3. The van der Waals surface area contributed by atoms with Crippen molar-refractivity contribution in [1.82, 2.24) is 16.4 Å². The Morgan fingerprint density at radius 2 is 0.846 bits per heavy atom. The SMILES string of the molecule is CC(=CC(C)C)NO[Si](C)(ONC(C)=CC(C)C)ONC(C)=CC(C)C. The third kappa shape index (κ3) is 13.0. The smallest absolute Gasteiger partial charge is 0.278 e. The molecule has 0 aliphatic heterocycles. The van der Waals surface area contributed by atoms with E-state index in [0.29, 0.717) is 17.8 Å². The van der Waals surface area contributed by atoms with Gasteiger partial charge in [0.15, 0.2) is 0 Å². The molecule has 6 nitrogen and oxygen atoms in total. The average molecular weight is 386 g/mol. The maximum absolute atomic E-state index is 5.80. The summed E-state index contributed by atoms with van der Waals surface area (Å²) in [6, 6.07) is 0. The summed E-state index contributed by atoms with van der Waals surface area (Å²) < 4.78 is 17.4. The van der Waals surface area contributed by atoms with Crippen LogP contribution in [-0.4, -0.2) is 8.80 Å². The van der Waals surface area contributed by atoms with Gasteiger partial charge in [0.25, 0.3) is 0 Å². The zero-order chi connectivity index (χ0) is 20.3. The van der Waals surface area contributed by atoms with E-state index in [4.69, 9.17) is 13.6 Å². The van der Waals surface area contributed by atoms with Gasteiger partial charge in [-0.1, -0.05) is 59.8 Å². The predicted octanol–water partition coefficient (Wildman–Crippen LogP) is 4.80. The first-order valence-corrected chi connectivity index (χ1v) is 11.5. The number of rotatable bonds is 12. The Hall–Kier alpha value is -1.28. The van der Waals surface area contributed by atoms with Crippen LogP contribution in [0.5, 0.6) is 0 Å². The van der Waals surface area contributed by atoms with Crippen molar-refractivity contribution in [2.75, 3.05) is 0 Å². The molecule has 0 aromatic rings. The van der Waals surface area contributed by atoms with Crippen molar-refractivity contribution >= 4 is 8.80 Å². The molecule has 0 amide bonds. The van der Waals surface area contributed by atoms with E-state index in [1.54, 1.807) is 0 Å². The molecule has 7 heteroatoms. The number of hydrogen-bond acceptors (Lipinski definition) is 6. The van der Waals surface area contributed by atoms with Gasteiger partial charge in [-0.05, 0) is 38.5 Å². The number of nitrogens with one attached hydrogen (secondary N) is 3. The maximum Gasteiger partial charge on any atom is 0.563 e. The minimum atomic E-state index is -3.05. The second-order valence-corrected chi connectivity index (χ2v) is 10.1. The van der Waals surface area contributed by atoms with Gasteiger partial charge in [-0.15, -0.1) is 0 Å². The van der Waals surface area contributed by atoms with Crippen LogP contribution >= 0.6 is 0 Å². The van der Waals surface area contributed by atoms with Crippen molar-refractivity contribution in [2.24, 2.45) is 17.8 Å². The molecule has 0 atom stereocenters. The summed E-state index contributed by atoms with van der Waals surface area (Å²) in [5.41, 5.74) is 11.5. The minimum absolute atomic E-state index is 0.421. The molecule has 0 aliphatic rings.